The first-order valence-corrected chi connectivity index (χ1v) is 8.22. The Balaban J connectivity index is 1.88. The van der Waals surface area contributed by atoms with Crippen LogP contribution in [0.25, 0.3) is 0 Å². The van der Waals surface area contributed by atoms with Crippen LogP contribution in [-0.4, -0.2) is 11.8 Å². The second-order valence-electron chi connectivity index (χ2n) is 5.41. The quantitative estimate of drug-likeness (QED) is 0.848. The summed E-state index contributed by atoms with van der Waals surface area (Å²) in [5.41, 5.74) is 7.87. The SMILES string of the molecule is CC1CCCC(SCc2cccc(C#CCN)c2)C1. The second kappa shape index (κ2) is 7.62. The molecule has 19 heavy (non-hydrogen) atoms. The predicted octanol–water partition coefficient (Wildman–Crippen LogP) is 3.81. The first-order chi connectivity index (χ1) is 9.28. The van der Waals surface area contributed by atoms with E-state index in [9.17, 15) is 0 Å². The molecule has 0 aromatic heterocycles. The minimum absolute atomic E-state index is 0.430. The normalized spacial score (nSPS) is 22.6. The lowest BCUT2D eigenvalue weighted by atomic mass is 9.91. The summed E-state index contributed by atoms with van der Waals surface area (Å²) in [5.74, 6) is 8.04. The molecule has 102 valence electrons. The molecule has 2 N–H and O–H groups in total. The highest BCUT2D eigenvalue weighted by atomic mass is 32.2. The van der Waals surface area contributed by atoms with E-state index in [1.54, 1.807) is 0 Å². The van der Waals surface area contributed by atoms with Crippen LogP contribution in [0.2, 0.25) is 0 Å². The van der Waals surface area contributed by atoms with Crippen molar-refractivity contribution in [3.05, 3.63) is 35.4 Å². The van der Waals surface area contributed by atoms with Crippen LogP contribution in [-0.2, 0) is 5.75 Å². The Morgan fingerprint density at radius 3 is 3.05 bits per heavy atom. The van der Waals surface area contributed by atoms with Crippen LogP contribution < -0.4 is 5.73 Å². The molecule has 0 saturated heterocycles. The molecule has 2 rings (SSSR count). The summed E-state index contributed by atoms with van der Waals surface area (Å²) in [6.45, 7) is 2.81. The molecule has 0 aliphatic heterocycles. The van der Waals surface area contributed by atoms with Gasteiger partial charge in [-0.2, -0.15) is 11.8 Å². The third-order valence-corrected chi connectivity index (χ3v) is 5.04. The van der Waals surface area contributed by atoms with Gasteiger partial charge in [0, 0.05) is 16.6 Å². The van der Waals surface area contributed by atoms with Gasteiger partial charge < -0.3 is 5.73 Å². The summed E-state index contributed by atoms with van der Waals surface area (Å²) < 4.78 is 0. The fourth-order valence-electron chi connectivity index (χ4n) is 2.64. The van der Waals surface area contributed by atoms with E-state index in [1.807, 2.05) is 0 Å². The fourth-order valence-corrected chi connectivity index (χ4v) is 4.04. The molecule has 0 radical (unpaired) electrons. The van der Waals surface area contributed by atoms with Crippen LogP contribution in [0.1, 0.15) is 43.7 Å². The molecular weight excluding hydrogens is 250 g/mol. The molecule has 0 spiro atoms. The molecule has 1 fully saturated rings. The van der Waals surface area contributed by atoms with Crippen molar-refractivity contribution in [1.29, 1.82) is 0 Å². The molecule has 1 saturated carbocycles. The lowest BCUT2D eigenvalue weighted by molar-refractivity contribution is 0.394. The van der Waals surface area contributed by atoms with Crippen LogP contribution in [0.4, 0.5) is 0 Å². The Bertz CT molecular complexity index is 458. The monoisotopic (exact) mass is 273 g/mol. The van der Waals surface area contributed by atoms with Crippen LogP contribution in [0.5, 0.6) is 0 Å². The molecule has 0 bridgehead atoms. The van der Waals surface area contributed by atoms with Crippen molar-refractivity contribution in [2.75, 3.05) is 6.54 Å². The van der Waals surface area contributed by atoms with Crippen molar-refractivity contribution in [2.24, 2.45) is 11.7 Å². The Kier molecular flexibility index (Phi) is 5.82. The third-order valence-electron chi connectivity index (χ3n) is 3.64. The zero-order valence-corrected chi connectivity index (χ0v) is 12.5. The fraction of sp³-hybridized carbons (Fsp3) is 0.529. The van der Waals surface area contributed by atoms with E-state index in [0.717, 1.165) is 22.5 Å². The van der Waals surface area contributed by atoms with Gasteiger partial charge >= 0.3 is 0 Å². The number of hydrogen-bond acceptors (Lipinski definition) is 2. The van der Waals surface area contributed by atoms with Gasteiger partial charge in [0.1, 0.15) is 0 Å². The van der Waals surface area contributed by atoms with E-state index in [4.69, 9.17) is 5.73 Å². The summed E-state index contributed by atoms with van der Waals surface area (Å²) in [7, 11) is 0. The van der Waals surface area contributed by atoms with Gasteiger partial charge in [0.05, 0.1) is 6.54 Å². The van der Waals surface area contributed by atoms with Gasteiger partial charge in [-0.05, 0) is 36.5 Å². The van der Waals surface area contributed by atoms with E-state index < -0.39 is 0 Å². The zero-order chi connectivity index (χ0) is 13.5. The van der Waals surface area contributed by atoms with Gasteiger partial charge in [-0.3, -0.25) is 0 Å². The van der Waals surface area contributed by atoms with E-state index in [2.05, 4.69) is 54.8 Å². The summed E-state index contributed by atoms with van der Waals surface area (Å²) >= 11 is 2.11. The Morgan fingerprint density at radius 2 is 2.26 bits per heavy atom. The maximum absolute atomic E-state index is 5.41. The topological polar surface area (TPSA) is 26.0 Å². The van der Waals surface area contributed by atoms with Gasteiger partial charge in [-0.15, -0.1) is 0 Å². The van der Waals surface area contributed by atoms with Crippen molar-refractivity contribution in [2.45, 2.75) is 43.6 Å². The number of nitrogens with two attached hydrogens (primary N) is 1. The lowest BCUT2D eigenvalue weighted by Gasteiger charge is -2.26. The molecule has 2 heteroatoms. The summed E-state index contributed by atoms with van der Waals surface area (Å²) in [5, 5.41) is 0.850. The van der Waals surface area contributed by atoms with Crippen LogP contribution in [0.3, 0.4) is 0 Å². The van der Waals surface area contributed by atoms with Gasteiger partial charge in [0.15, 0.2) is 0 Å². The van der Waals surface area contributed by atoms with Gasteiger partial charge in [-0.25, -0.2) is 0 Å². The maximum Gasteiger partial charge on any atom is 0.0555 e. The number of rotatable bonds is 3. The highest BCUT2D eigenvalue weighted by Crippen LogP contribution is 2.33. The predicted molar refractivity (Wildman–Crippen MR) is 85.1 cm³/mol. The molecule has 1 aromatic carbocycles. The van der Waals surface area contributed by atoms with E-state index >= 15 is 0 Å². The molecule has 1 nitrogen and oxygen atoms in total. The molecule has 2 atom stereocenters. The Labute approximate surface area is 121 Å². The number of hydrogen-bond donors (Lipinski definition) is 1. The molecule has 0 heterocycles. The van der Waals surface area contributed by atoms with Crippen molar-refractivity contribution >= 4 is 11.8 Å². The summed E-state index contributed by atoms with van der Waals surface area (Å²) in [6, 6.07) is 8.55. The van der Waals surface area contributed by atoms with Crippen molar-refractivity contribution in [3.8, 4) is 11.8 Å². The van der Waals surface area contributed by atoms with Gasteiger partial charge in [-0.1, -0.05) is 43.7 Å². The summed E-state index contributed by atoms with van der Waals surface area (Å²) in [4.78, 5) is 0. The van der Waals surface area contributed by atoms with Gasteiger partial charge in [0.25, 0.3) is 0 Å². The standard InChI is InChI=1S/C17H23NS/c1-14-5-2-9-17(11-14)19-13-16-7-3-6-15(12-16)8-4-10-18/h3,6-7,12,14,17H,2,5,9-11,13,18H2,1H3. The van der Waals surface area contributed by atoms with Crippen molar-refractivity contribution in [3.63, 3.8) is 0 Å². The van der Waals surface area contributed by atoms with E-state index in [1.165, 1.54) is 31.2 Å². The minimum Gasteiger partial charge on any atom is -0.320 e. The molecule has 1 aromatic rings. The largest absolute Gasteiger partial charge is 0.320 e. The molecule has 1 aliphatic carbocycles. The number of thioether (sulfide) groups is 1. The highest BCUT2D eigenvalue weighted by molar-refractivity contribution is 7.99. The molecule has 2 unspecified atom stereocenters. The van der Waals surface area contributed by atoms with Crippen molar-refractivity contribution in [1.82, 2.24) is 0 Å². The Hall–Kier alpha value is -0.910. The first kappa shape index (κ1) is 14.5. The summed E-state index contributed by atoms with van der Waals surface area (Å²) in [6.07, 6.45) is 5.60. The average molecular weight is 273 g/mol. The lowest BCUT2D eigenvalue weighted by Crippen LogP contribution is -2.15. The maximum atomic E-state index is 5.41. The highest BCUT2D eigenvalue weighted by Gasteiger charge is 2.18. The minimum atomic E-state index is 0.430. The first-order valence-electron chi connectivity index (χ1n) is 7.17. The zero-order valence-electron chi connectivity index (χ0n) is 11.7. The van der Waals surface area contributed by atoms with Crippen LogP contribution in [0.15, 0.2) is 24.3 Å². The van der Waals surface area contributed by atoms with Gasteiger partial charge in [0.2, 0.25) is 0 Å². The molecule has 0 amide bonds. The van der Waals surface area contributed by atoms with Crippen molar-refractivity contribution < 1.29 is 0 Å². The van der Waals surface area contributed by atoms with Crippen LogP contribution in [0, 0.1) is 17.8 Å². The van der Waals surface area contributed by atoms with Crippen LogP contribution >= 0.6 is 11.8 Å². The van der Waals surface area contributed by atoms with E-state index in [0.29, 0.717) is 6.54 Å². The average Bonchev–Trinajstić information content (AvgIpc) is 2.43. The smallest absolute Gasteiger partial charge is 0.0555 e. The Morgan fingerprint density at radius 1 is 1.37 bits per heavy atom. The molecular formula is C17H23NS. The second-order valence-corrected chi connectivity index (χ2v) is 6.70. The van der Waals surface area contributed by atoms with E-state index in [-0.39, 0.29) is 0 Å². The number of benzene rings is 1. The molecule has 1 aliphatic rings. The third kappa shape index (κ3) is 4.93.